The maximum Gasteiger partial charge on any atom is 0.257 e. The Labute approximate surface area is 203 Å². The Balaban J connectivity index is 1.85. The van der Waals surface area contributed by atoms with E-state index in [1.165, 1.54) is 19.1 Å². The summed E-state index contributed by atoms with van der Waals surface area (Å²) in [4.78, 5) is 14.4. The predicted molar refractivity (Wildman–Crippen MR) is 124 cm³/mol. The standard InChI is InChI=1S/C25H32FNO8/c1-16-13-17(4-6-21(16)35-24(34-12-9-28)25(2,32)22(30)15-29)18-3-5-20(26)19(14-18)23(31)27-7-10-33-11-8-27/h3-6,13-14,22,24,28-30,32H,7-12,15H2,1-2H3. The minimum absolute atomic E-state index is 0.0196. The first-order chi connectivity index (χ1) is 16.7. The van der Waals surface area contributed by atoms with Crippen molar-refractivity contribution in [1.82, 2.24) is 4.90 Å². The van der Waals surface area contributed by atoms with Crippen molar-refractivity contribution in [1.29, 1.82) is 0 Å². The number of hydrogen-bond donors (Lipinski definition) is 4. The summed E-state index contributed by atoms with van der Waals surface area (Å²) in [6, 6.07) is 9.45. The summed E-state index contributed by atoms with van der Waals surface area (Å²) in [7, 11) is 0. The SMILES string of the molecule is Cc1cc(-c2ccc(F)c(C(=O)N3CCOCC3)c2)ccc1OC(OCCO)C(C)(O)C(O)CO. The number of benzene rings is 2. The van der Waals surface area contributed by atoms with Crippen LogP contribution in [0, 0.1) is 12.7 Å². The molecule has 9 nitrogen and oxygen atoms in total. The number of rotatable bonds is 10. The number of amides is 1. The molecule has 2 aromatic carbocycles. The average Bonchev–Trinajstić information content (AvgIpc) is 2.87. The first-order valence-electron chi connectivity index (χ1n) is 11.4. The number of morpholine rings is 1. The van der Waals surface area contributed by atoms with Gasteiger partial charge >= 0.3 is 0 Å². The Kier molecular flexibility index (Phi) is 9.17. The van der Waals surface area contributed by atoms with E-state index in [4.69, 9.17) is 19.3 Å². The summed E-state index contributed by atoms with van der Waals surface area (Å²) in [5.74, 6) is -0.665. The number of carbonyl (C=O) groups excluding carboxylic acids is 1. The van der Waals surface area contributed by atoms with Crippen molar-refractivity contribution in [2.75, 3.05) is 46.1 Å². The molecule has 1 amide bonds. The molecule has 0 radical (unpaired) electrons. The molecule has 1 aliphatic heterocycles. The Bertz CT molecular complexity index is 1010. The quantitative estimate of drug-likeness (QED) is 0.362. The third-order valence-electron chi connectivity index (χ3n) is 5.92. The van der Waals surface area contributed by atoms with Crippen LogP contribution in [0.1, 0.15) is 22.8 Å². The van der Waals surface area contributed by atoms with E-state index in [0.717, 1.165) is 0 Å². The lowest BCUT2D eigenvalue weighted by atomic mass is 9.98. The van der Waals surface area contributed by atoms with Crippen LogP contribution in [0.15, 0.2) is 36.4 Å². The van der Waals surface area contributed by atoms with E-state index < -0.39 is 36.3 Å². The second kappa shape index (κ2) is 11.9. The van der Waals surface area contributed by atoms with Gasteiger partial charge in [0.1, 0.15) is 17.7 Å². The van der Waals surface area contributed by atoms with Gasteiger partial charge in [0.15, 0.2) is 5.60 Å². The zero-order valence-corrected chi connectivity index (χ0v) is 19.8. The second-order valence-corrected chi connectivity index (χ2v) is 8.55. The number of hydrogen-bond acceptors (Lipinski definition) is 8. The van der Waals surface area contributed by atoms with Crippen LogP contribution in [0.5, 0.6) is 5.75 Å². The van der Waals surface area contributed by atoms with E-state index in [9.17, 15) is 24.5 Å². The van der Waals surface area contributed by atoms with E-state index in [2.05, 4.69) is 0 Å². The van der Waals surface area contributed by atoms with Crippen molar-refractivity contribution >= 4 is 5.91 Å². The molecule has 0 aromatic heterocycles. The maximum absolute atomic E-state index is 14.5. The van der Waals surface area contributed by atoms with E-state index in [1.54, 1.807) is 36.1 Å². The largest absolute Gasteiger partial charge is 0.461 e. The number of aryl methyl sites for hydroxylation is 1. The smallest absolute Gasteiger partial charge is 0.257 e. The molecule has 0 spiro atoms. The van der Waals surface area contributed by atoms with Crippen molar-refractivity contribution < 1.29 is 43.8 Å². The Hall–Kier alpha value is -2.60. The molecule has 1 saturated heterocycles. The fraction of sp³-hybridized carbons (Fsp3) is 0.480. The fourth-order valence-electron chi connectivity index (χ4n) is 3.71. The lowest BCUT2D eigenvalue weighted by Crippen LogP contribution is -2.55. The van der Waals surface area contributed by atoms with Gasteiger partial charge in [-0.25, -0.2) is 4.39 Å². The van der Waals surface area contributed by atoms with Crippen molar-refractivity contribution in [2.45, 2.75) is 31.8 Å². The zero-order valence-electron chi connectivity index (χ0n) is 19.8. The molecule has 0 aliphatic carbocycles. The molecule has 35 heavy (non-hydrogen) atoms. The van der Waals surface area contributed by atoms with Gasteiger partial charge in [-0.15, -0.1) is 0 Å². The number of nitrogens with zero attached hydrogens (tertiary/aromatic N) is 1. The average molecular weight is 494 g/mol. The molecule has 3 atom stereocenters. The summed E-state index contributed by atoms with van der Waals surface area (Å²) in [5, 5.41) is 39.0. The van der Waals surface area contributed by atoms with Gasteiger partial charge in [-0.2, -0.15) is 0 Å². The normalized spacial score (nSPS) is 17.5. The van der Waals surface area contributed by atoms with Gasteiger partial charge in [0, 0.05) is 13.1 Å². The highest BCUT2D eigenvalue weighted by molar-refractivity contribution is 5.96. The van der Waals surface area contributed by atoms with E-state index >= 15 is 0 Å². The van der Waals surface area contributed by atoms with Crippen LogP contribution in [0.4, 0.5) is 4.39 Å². The highest BCUT2D eigenvalue weighted by Gasteiger charge is 2.42. The van der Waals surface area contributed by atoms with Crippen LogP contribution in [0.2, 0.25) is 0 Å². The van der Waals surface area contributed by atoms with Gasteiger partial charge < -0.3 is 39.5 Å². The summed E-state index contributed by atoms with van der Waals surface area (Å²) in [5.41, 5.74) is -0.0104. The van der Waals surface area contributed by atoms with Gasteiger partial charge in [0.25, 0.3) is 5.91 Å². The topological polar surface area (TPSA) is 129 Å². The van der Waals surface area contributed by atoms with Crippen LogP contribution in [0.3, 0.4) is 0 Å². The second-order valence-electron chi connectivity index (χ2n) is 8.55. The molecule has 0 saturated carbocycles. The number of aliphatic hydroxyl groups excluding tert-OH is 3. The number of aliphatic hydroxyl groups is 4. The summed E-state index contributed by atoms with van der Waals surface area (Å²) in [6.45, 7) is 3.43. The number of halogens is 1. The monoisotopic (exact) mass is 493 g/mol. The molecule has 1 heterocycles. The minimum Gasteiger partial charge on any atom is -0.461 e. The van der Waals surface area contributed by atoms with Crippen molar-refractivity contribution in [3.8, 4) is 16.9 Å². The molecule has 4 N–H and O–H groups in total. The predicted octanol–water partition coefficient (Wildman–Crippen LogP) is 1.09. The van der Waals surface area contributed by atoms with Crippen molar-refractivity contribution in [3.05, 3.63) is 53.3 Å². The first-order valence-corrected chi connectivity index (χ1v) is 11.4. The first kappa shape index (κ1) is 27.0. The molecule has 1 fully saturated rings. The number of ether oxygens (including phenoxy) is 3. The lowest BCUT2D eigenvalue weighted by molar-refractivity contribution is -0.232. The van der Waals surface area contributed by atoms with Gasteiger partial charge in [-0.3, -0.25) is 4.79 Å². The van der Waals surface area contributed by atoms with Crippen molar-refractivity contribution in [2.24, 2.45) is 0 Å². The van der Waals surface area contributed by atoms with Crippen molar-refractivity contribution in [3.63, 3.8) is 0 Å². The molecule has 192 valence electrons. The fourth-order valence-corrected chi connectivity index (χ4v) is 3.71. The number of carbonyl (C=O) groups is 1. The summed E-state index contributed by atoms with van der Waals surface area (Å²) < 4.78 is 30.9. The molecular weight excluding hydrogens is 461 g/mol. The molecule has 2 aromatic rings. The van der Waals surface area contributed by atoms with Gasteiger partial charge in [-0.1, -0.05) is 12.1 Å². The highest BCUT2D eigenvalue weighted by atomic mass is 19.1. The van der Waals surface area contributed by atoms with Crippen LogP contribution in [-0.4, -0.2) is 95.4 Å². The van der Waals surface area contributed by atoms with E-state index in [0.29, 0.717) is 48.7 Å². The summed E-state index contributed by atoms with van der Waals surface area (Å²) >= 11 is 0. The van der Waals surface area contributed by atoms with Gasteiger partial charge in [0.05, 0.1) is 38.6 Å². The summed E-state index contributed by atoms with van der Waals surface area (Å²) in [6.07, 6.45) is -2.93. The van der Waals surface area contributed by atoms with Crippen LogP contribution >= 0.6 is 0 Å². The third-order valence-corrected chi connectivity index (χ3v) is 5.92. The molecule has 10 heteroatoms. The van der Waals surface area contributed by atoms with Crippen LogP contribution < -0.4 is 4.74 Å². The molecule has 1 aliphatic rings. The Morgan fingerprint density at radius 2 is 1.83 bits per heavy atom. The van der Waals surface area contributed by atoms with Crippen LogP contribution in [0.25, 0.3) is 11.1 Å². The van der Waals surface area contributed by atoms with Crippen LogP contribution in [-0.2, 0) is 9.47 Å². The molecule has 3 unspecified atom stereocenters. The van der Waals surface area contributed by atoms with E-state index in [1.807, 2.05) is 0 Å². The Morgan fingerprint density at radius 1 is 1.17 bits per heavy atom. The molecule has 0 bridgehead atoms. The minimum atomic E-state index is -1.97. The maximum atomic E-state index is 14.5. The lowest BCUT2D eigenvalue weighted by Gasteiger charge is -2.35. The molecular formula is C25H32FNO8. The van der Waals surface area contributed by atoms with Gasteiger partial charge in [0.2, 0.25) is 6.29 Å². The zero-order chi connectivity index (χ0) is 25.6. The molecule has 3 rings (SSSR count). The van der Waals surface area contributed by atoms with Gasteiger partial charge in [-0.05, 0) is 54.8 Å². The Morgan fingerprint density at radius 3 is 2.46 bits per heavy atom. The van der Waals surface area contributed by atoms with E-state index in [-0.39, 0.29) is 18.8 Å². The third kappa shape index (κ3) is 6.35. The highest BCUT2D eigenvalue weighted by Crippen LogP contribution is 2.30.